The van der Waals surface area contributed by atoms with Gasteiger partial charge in [-0.1, -0.05) is 13.0 Å². The number of hydrogen-bond donors (Lipinski definition) is 2. The molecule has 1 aromatic carbocycles. The number of hydrogen-bond acceptors (Lipinski definition) is 3. The van der Waals surface area contributed by atoms with Crippen LogP contribution in [0.5, 0.6) is 5.75 Å². The molecule has 0 aromatic heterocycles. The molecule has 0 aliphatic heterocycles. The molecule has 3 nitrogen and oxygen atoms in total. The lowest BCUT2D eigenvalue weighted by Crippen LogP contribution is -2.24. The number of aliphatic hydroxyl groups is 1. The zero-order valence-electron chi connectivity index (χ0n) is 11.1. The third-order valence-electron chi connectivity index (χ3n) is 3.45. The summed E-state index contributed by atoms with van der Waals surface area (Å²) in [6.07, 6.45) is 4.31. The molecule has 0 amide bonds. The van der Waals surface area contributed by atoms with Crippen LogP contribution in [0.2, 0.25) is 0 Å². The van der Waals surface area contributed by atoms with Gasteiger partial charge in [0.1, 0.15) is 5.75 Å². The first kappa shape index (κ1) is 13.4. The van der Waals surface area contributed by atoms with Crippen molar-refractivity contribution in [3.8, 4) is 5.75 Å². The van der Waals surface area contributed by atoms with Crippen LogP contribution in [-0.4, -0.2) is 24.9 Å². The van der Waals surface area contributed by atoms with Gasteiger partial charge in [0.05, 0.1) is 6.61 Å². The van der Waals surface area contributed by atoms with Crippen molar-refractivity contribution in [3.05, 3.63) is 29.3 Å². The molecule has 0 bridgehead atoms. The molecule has 0 heterocycles. The second-order valence-electron chi connectivity index (χ2n) is 4.79. The van der Waals surface area contributed by atoms with Gasteiger partial charge in [0.15, 0.2) is 0 Å². The number of rotatable bonds is 6. The maximum absolute atomic E-state index is 8.74. The first-order valence-electron chi connectivity index (χ1n) is 6.95. The van der Waals surface area contributed by atoms with Gasteiger partial charge in [-0.3, -0.25) is 0 Å². The quantitative estimate of drug-likeness (QED) is 0.761. The molecule has 1 aromatic rings. The van der Waals surface area contributed by atoms with E-state index in [1.807, 2.05) is 6.07 Å². The van der Waals surface area contributed by atoms with Crippen molar-refractivity contribution >= 4 is 0 Å². The Bertz CT molecular complexity index is 379. The van der Waals surface area contributed by atoms with E-state index in [0.29, 0.717) is 19.1 Å². The average Bonchev–Trinajstić information content (AvgIpc) is 2.39. The van der Waals surface area contributed by atoms with E-state index in [0.717, 1.165) is 18.7 Å². The maximum atomic E-state index is 8.74. The number of aliphatic hydroxyl groups excluding tert-OH is 1. The first-order chi connectivity index (χ1) is 8.85. The Morgan fingerprint density at radius 2 is 2.33 bits per heavy atom. The Kier molecular flexibility index (Phi) is 5.02. The standard InChI is InChI=1S/C15H23NO2/c1-2-16-15-6-3-5-12-11-13(7-8-14(12)15)18-10-4-9-17/h7-8,11,15-17H,2-6,9-10H2,1H3. The van der Waals surface area contributed by atoms with E-state index < -0.39 is 0 Å². The molecule has 2 rings (SSSR count). The molecular weight excluding hydrogens is 226 g/mol. The van der Waals surface area contributed by atoms with E-state index in [9.17, 15) is 0 Å². The van der Waals surface area contributed by atoms with Gasteiger partial charge in [0.25, 0.3) is 0 Å². The predicted molar refractivity (Wildman–Crippen MR) is 73.0 cm³/mol. The summed E-state index contributed by atoms with van der Waals surface area (Å²) in [5, 5.41) is 12.3. The minimum atomic E-state index is 0.188. The highest BCUT2D eigenvalue weighted by molar-refractivity contribution is 5.39. The van der Waals surface area contributed by atoms with Crippen molar-refractivity contribution in [2.75, 3.05) is 19.8 Å². The van der Waals surface area contributed by atoms with Crippen LogP contribution in [0.1, 0.15) is 43.4 Å². The number of ether oxygens (including phenoxy) is 1. The Balaban J connectivity index is 2.06. The van der Waals surface area contributed by atoms with Gasteiger partial charge in [-0.05, 0) is 49.1 Å². The van der Waals surface area contributed by atoms with Gasteiger partial charge in [0.2, 0.25) is 0 Å². The summed E-state index contributed by atoms with van der Waals surface area (Å²) >= 11 is 0. The fourth-order valence-corrected chi connectivity index (χ4v) is 2.59. The molecule has 18 heavy (non-hydrogen) atoms. The zero-order chi connectivity index (χ0) is 12.8. The van der Waals surface area contributed by atoms with E-state index in [4.69, 9.17) is 9.84 Å². The summed E-state index contributed by atoms with van der Waals surface area (Å²) in [4.78, 5) is 0. The SMILES string of the molecule is CCNC1CCCc2cc(OCCCO)ccc21. The Morgan fingerprint density at radius 3 is 3.11 bits per heavy atom. The highest BCUT2D eigenvalue weighted by Crippen LogP contribution is 2.32. The summed E-state index contributed by atoms with van der Waals surface area (Å²) in [5.74, 6) is 0.930. The van der Waals surface area contributed by atoms with E-state index in [2.05, 4.69) is 24.4 Å². The molecule has 3 heteroatoms. The lowest BCUT2D eigenvalue weighted by atomic mass is 9.87. The minimum Gasteiger partial charge on any atom is -0.493 e. The monoisotopic (exact) mass is 249 g/mol. The molecular formula is C15H23NO2. The van der Waals surface area contributed by atoms with Crippen molar-refractivity contribution in [1.29, 1.82) is 0 Å². The van der Waals surface area contributed by atoms with Crippen LogP contribution in [0.3, 0.4) is 0 Å². The molecule has 0 saturated carbocycles. The minimum absolute atomic E-state index is 0.188. The smallest absolute Gasteiger partial charge is 0.119 e. The lowest BCUT2D eigenvalue weighted by Gasteiger charge is -2.26. The topological polar surface area (TPSA) is 41.5 Å². The lowest BCUT2D eigenvalue weighted by molar-refractivity contribution is 0.233. The molecule has 1 atom stereocenters. The molecule has 0 spiro atoms. The maximum Gasteiger partial charge on any atom is 0.119 e. The van der Waals surface area contributed by atoms with Crippen molar-refractivity contribution in [1.82, 2.24) is 5.32 Å². The van der Waals surface area contributed by atoms with Crippen molar-refractivity contribution in [2.24, 2.45) is 0 Å². The van der Waals surface area contributed by atoms with Gasteiger partial charge < -0.3 is 15.2 Å². The van der Waals surface area contributed by atoms with E-state index in [-0.39, 0.29) is 6.61 Å². The van der Waals surface area contributed by atoms with Gasteiger partial charge >= 0.3 is 0 Å². The summed E-state index contributed by atoms with van der Waals surface area (Å²) in [6, 6.07) is 6.91. The number of fused-ring (bicyclic) bond motifs is 1. The molecule has 100 valence electrons. The molecule has 0 radical (unpaired) electrons. The van der Waals surface area contributed by atoms with Crippen LogP contribution in [0.15, 0.2) is 18.2 Å². The van der Waals surface area contributed by atoms with Crippen LogP contribution >= 0.6 is 0 Å². The molecule has 1 aliphatic rings. The highest BCUT2D eigenvalue weighted by atomic mass is 16.5. The molecule has 0 saturated heterocycles. The number of benzene rings is 1. The largest absolute Gasteiger partial charge is 0.493 e. The molecule has 2 N–H and O–H groups in total. The summed E-state index contributed by atoms with van der Waals surface area (Å²) < 4.78 is 5.63. The van der Waals surface area contributed by atoms with Crippen LogP contribution in [-0.2, 0) is 6.42 Å². The Labute approximate surface area is 109 Å². The second kappa shape index (κ2) is 6.76. The van der Waals surface area contributed by atoms with Crippen LogP contribution in [0, 0.1) is 0 Å². The van der Waals surface area contributed by atoms with Gasteiger partial charge in [-0.15, -0.1) is 0 Å². The fourth-order valence-electron chi connectivity index (χ4n) is 2.59. The molecule has 1 unspecified atom stereocenters. The van der Waals surface area contributed by atoms with Gasteiger partial charge in [-0.2, -0.15) is 0 Å². The Hall–Kier alpha value is -1.06. The average molecular weight is 249 g/mol. The second-order valence-corrected chi connectivity index (χ2v) is 4.79. The number of nitrogens with one attached hydrogen (secondary N) is 1. The third-order valence-corrected chi connectivity index (χ3v) is 3.45. The molecule has 1 aliphatic carbocycles. The van der Waals surface area contributed by atoms with Crippen LogP contribution in [0.25, 0.3) is 0 Å². The predicted octanol–water partition coefficient (Wildman–Crippen LogP) is 2.43. The molecule has 0 fully saturated rings. The van der Waals surface area contributed by atoms with Gasteiger partial charge in [0, 0.05) is 19.1 Å². The third kappa shape index (κ3) is 3.24. The normalized spacial score (nSPS) is 18.4. The van der Waals surface area contributed by atoms with Gasteiger partial charge in [-0.25, -0.2) is 0 Å². The highest BCUT2D eigenvalue weighted by Gasteiger charge is 2.19. The Morgan fingerprint density at radius 1 is 1.44 bits per heavy atom. The van der Waals surface area contributed by atoms with Crippen LogP contribution in [0.4, 0.5) is 0 Å². The van der Waals surface area contributed by atoms with E-state index in [1.165, 1.54) is 24.0 Å². The van der Waals surface area contributed by atoms with E-state index >= 15 is 0 Å². The van der Waals surface area contributed by atoms with Crippen molar-refractivity contribution in [2.45, 2.75) is 38.6 Å². The number of aryl methyl sites for hydroxylation is 1. The fraction of sp³-hybridized carbons (Fsp3) is 0.600. The first-order valence-corrected chi connectivity index (χ1v) is 6.95. The van der Waals surface area contributed by atoms with E-state index in [1.54, 1.807) is 0 Å². The summed E-state index contributed by atoms with van der Waals surface area (Å²) in [6.45, 7) is 3.94. The van der Waals surface area contributed by atoms with Crippen molar-refractivity contribution in [3.63, 3.8) is 0 Å². The summed E-state index contributed by atoms with van der Waals surface area (Å²) in [5.41, 5.74) is 2.84. The zero-order valence-corrected chi connectivity index (χ0v) is 11.1. The van der Waals surface area contributed by atoms with Crippen molar-refractivity contribution < 1.29 is 9.84 Å². The summed E-state index contributed by atoms with van der Waals surface area (Å²) in [7, 11) is 0. The van der Waals surface area contributed by atoms with Crippen LogP contribution < -0.4 is 10.1 Å².